The summed E-state index contributed by atoms with van der Waals surface area (Å²) < 4.78 is 2.05. The van der Waals surface area contributed by atoms with Gasteiger partial charge in [0.05, 0.1) is 6.61 Å². The van der Waals surface area contributed by atoms with Crippen molar-refractivity contribution in [2.24, 2.45) is 0 Å². The first-order chi connectivity index (χ1) is 8.70. The molecule has 0 aliphatic carbocycles. The van der Waals surface area contributed by atoms with Gasteiger partial charge in [-0.25, -0.2) is 4.98 Å². The van der Waals surface area contributed by atoms with E-state index in [-0.39, 0.29) is 12.6 Å². The molecule has 4 heteroatoms. The van der Waals surface area contributed by atoms with Gasteiger partial charge in [-0.15, -0.1) is 0 Å². The van der Waals surface area contributed by atoms with Gasteiger partial charge in [-0.05, 0) is 31.5 Å². The predicted octanol–water partition coefficient (Wildman–Crippen LogP) is 1.65. The zero-order valence-corrected chi connectivity index (χ0v) is 10.8. The number of imidazole rings is 1. The van der Waals surface area contributed by atoms with Gasteiger partial charge in [-0.2, -0.15) is 0 Å². The first kappa shape index (κ1) is 12.8. The van der Waals surface area contributed by atoms with Crippen LogP contribution < -0.4 is 5.32 Å². The molecule has 0 radical (unpaired) electrons. The number of hydrogen-bond donors (Lipinski definition) is 2. The SMILES string of the molecule is Cc1nccn1-c1ccc(CN[C@H](C)CO)cc1. The molecular formula is C14H19N3O. The molecule has 2 rings (SSSR count). The molecule has 0 saturated carbocycles. The van der Waals surface area contributed by atoms with Crippen molar-refractivity contribution in [3.8, 4) is 5.69 Å². The average molecular weight is 245 g/mol. The average Bonchev–Trinajstić information content (AvgIpc) is 2.83. The third-order valence-electron chi connectivity index (χ3n) is 2.97. The molecule has 1 atom stereocenters. The van der Waals surface area contributed by atoms with Crippen LogP contribution in [-0.4, -0.2) is 27.3 Å². The molecule has 96 valence electrons. The standard InChI is InChI=1S/C14H19N3O/c1-11(10-18)16-9-13-3-5-14(6-4-13)17-8-7-15-12(17)2/h3-8,11,16,18H,9-10H2,1-2H3/t11-/m1/s1. The van der Waals surface area contributed by atoms with Gasteiger partial charge in [0.15, 0.2) is 0 Å². The third-order valence-corrected chi connectivity index (χ3v) is 2.97. The van der Waals surface area contributed by atoms with Crippen molar-refractivity contribution in [1.29, 1.82) is 0 Å². The van der Waals surface area contributed by atoms with Gasteiger partial charge in [-0.3, -0.25) is 0 Å². The quantitative estimate of drug-likeness (QED) is 0.842. The highest BCUT2D eigenvalue weighted by atomic mass is 16.3. The Morgan fingerprint density at radius 2 is 2.06 bits per heavy atom. The Morgan fingerprint density at radius 1 is 1.33 bits per heavy atom. The van der Waals surface area contributed by atoms with Crippen LogP contribution in [0.15, 0.2) is 36.7 Å². The number of rotatable bonds is 5. The highest BCUT2D eigenvalue weighted by Gasteiger charge is 2.02. The molecular weight excluding hydrogens is 226 g/mol. The number of benzene rings is 1. The second-order valence-corrected chi connectivity index (χ2v) is 4.48. The van der Waals surface area contributed by atoms with Crippen molar-refractivity contribution in [1.82, 2.24) is 14.9 Å². The first-order valence-corrected chi connectivity index (χ1v) is 6.14. The molecule has 0 aliphatic heterocycles. The molecule has 18 heavy (non-hydrogen) atoms. The molecule has 0 spiro atoms. The molecule has 0 bridgehead atoms. The van der Waals surface area contributed by atoms with E-state index in [2.05, 4.69) is 34.6 Å². The molecule has 1 aromatic carbocycles. The highest BCUT2D eigenvalue weighted by molar-refractivity contribution is 5.35. The van der Waals surface area contributed by atoms with Gasteiger partial charge >= 0.3 is 0 Å². The van der Waals surface area contributed by atoms with Crippen LogP contribution in [-0.2, 0) is 6.54 Å². The van der Waals surface area contributed by atoms with Crippen LogP contribution in [0, 0.1) is 6.92 Å². The molecule has 0 amide bonds. The van der Waals surface area contributed by atoms with E-state index >= 15 is 0 Å². The molecule has 0 fully saturated rings. The topological polar surface area (TPSA) is 50.1 Å². The van der Waals surface area contributed by atoms with Crippen molar-refractivity contribution < 1.29 is 5.11 Å². The summed E-state index contributed by atoms with van der Waals surface area (Å²) in [6, 6.07) is 8.46. The molecule has 2 N–H and O–H groups in total. The molecule has 1 aromatic heterocycles. The fraction of sp³-hybridized carbons (Fsp3) is 0.357. The summed E-state index contributed by atoms with van der Waals surface area (Å²) >= 11 is 0. The van der Waals surface area contributed by atoms with Crippen LogP contribution in [0.25, 0.3) is 5.69 Å². The van der Waals surface area contributed by atoms with E-state index in [1.165, 1.54) is 5.56 Å². The maximum atomic E-state index is 8.94. The lowest BCUT2D eigenvalue weighted by molar-refractivity contribution is 0.251. The highest BCUT2D eigenvalue weighted by Crippen LogP contribution is 2.11. The Balaban J connectivity index is 2.04. The number of aliphatic hydroxyl groups excluding tert-OH is 1. The van der Waals surface area contributed by atoms with Crippen molar-refractivity contribution in [2.45, 2.75) is 26.4 Å². The summed E-state index contributed by atoms with van der Waals surface area (Å²) in [4.78, 5) is 4.21. The Kier molecular flexibility index (Phi) is 4.12. The summed E-state index contributed by atoms with van der Waals surface area (Å²) in [5, 5.41) is 12.2. The lowest BCUT2D eigenvalue weighted by Gasteiger charge is -2.11. The molecule has 0 unspecified atom stereocenters. The Bertz CT molecular complexity index is 490. The first-order valence-electron chi connectivity index (χ1n) is 6.14. The van der Waals surface area contributed by atoms with Crippen LogP contribution in [0.5, 0.6) is 0 Å². The van der Waals surface area contributed by atoms with Gasteiger partial charge in [0, 0.05) is 30.7 Å². The van der Waals surface area contributed by atoms with Gasteiger partial charge in [0.25, 0.3) is 0 Å². The number of nitrogens with one attached hydrogen (secondary N) is 1. The molecule has 4 nitrogen and oxygen atoms in total. The van der Waals surface area contributed by atoms with E-state index in [0.29, 0.717) is 0 Å². The zero-order chi connectivity index (χ0) is 13.0. The smallest absolute Gasteiger partial charge is 0.110 e. The Morgan fingerprint density at radius 3 is 2.61 bits per heavy atom. The summed E-state index contributed by atoms with van der Waals surface area (Å²) in [7, 11) is 0. The molecule has 1 heterocycles. The minimum Gasteiger partial charge on any atom is -0.395 e. The van der Waals surface area contributed by atoms with E-state index in [4.69, 9.17) is 5.11 Å². The lowest BCUT2D eigenvalue weighted by atomic mass is 10.2. The Hall–Kier alpha value is -1.65. The second kappa shape index (κ2) is 5.80. The van der Waals surface area contributed by atoms with Crippen LogP contribution in [0.1, 0.15) is 18.3 Å². The lowest BCUT2D eigenvalue weighted by Crippen LogP contribution is -2.28. The van der Waals surface area contributed by atoms with E-state index in [0.717, 1.165) is 18.1 Å². The summed E-state index contributed by atoms with van der Waals surface area (Å²) in [5.74, 6) is 0.981. The van der Waals surface area contributed by atoms with Gasteiger partial charge in [0.1, 0.15) is 5.82 Å². The molecule has 2 aromatic rings. The van der Waals surface area contributed by atoms with E-state index < -0.39 is 0 Å². The van der Waals surface area contributed by atoms with Crippen molar-refractivity contribution in [3.05, 3.63) is 48.0 Å². The second-order valence-electron chi connectivity index (χ2n) is 4.48. The summed E-state index contributed by atoms with van der Waals surface area (Å²) in [6.07, 6.45) is 3.75. The zero-order valence-electron chi connectivity index (χ0n) is 10.8. The van der Waals surface area contributed by atoms with Crippen LogP contribution in [0.2, 0.25) is 0 Å². The monoisotopic (exact) mass is 245 g/mol. The number of hydrogen-bond acceptors (Lipinski definition) is 3. The van der Waals surface area contributed by atoms with Crippen LogP contribution >= 0.6 is 0 Å². The minimum atomic E-state index is 0.126. The number of aliphatic hydroxyl groups is 1. The van der Waals surface area contributed by atoms with Crippen LogP contribution in [0.3, 0.4) is 0 Å². The van der Waals surface area contributed by atoms with Gasteiger partial charge < -0.3 is 15.0 Å². The fourth-order valence-electron chi connectivity index (χ4n) is 1.78. The van der Waals surface area contributed by atoms with E-state index in [1.54, 1.807) is 6.20 Å². The largest absolute Gasteiger partial charge is 0.395 e. The van der Waals surface area contributed by atoms with Gasteiger partial charge in [-0.1, -0.05) is 12.1 Å². The summed E-state index contributed by atoms with van der Waals surface area (Å²) in [6.45, 7) is 4.87. The fourth-order valence-corrected chi connectivity index (χ4v) is 1.78. The van der Waals surface area contributed by atoms with Gasteiger partial charge in [0.2, 0.25) is 0 Å². The number of nitrogens with zero attached hydrogens (tertiary/aromatic N) is 2. The predicted molar refractivity (Wildman–Crippen MR) is 71.7 cm³/mol. The number of aryl methyl sites for hydroxylation is 1. The third kappa shape index (κ3) is 2.97. The Labute approximate surface area is 107 Å². The van der Waals surface area contributed by atoms with Crippen LogP contribution in [0.4, 0.5) is 0 Å². The van der Waals surface area contributed by atoms with Crippen molar-refractivity contribution >= 4 is 0 Å². The van der Waals surface area contributed by atoms with Crippen molar-refractivity contribution in [2.75, 3.05) is 6.61 Å². The van der Waals surface area contributed by atoms with E-state index in [9.17, 15) is 0 Å². The molecule has 0 saturated heterocycles. The molecule has 0 aliphatic rings. The maximum Gasteiger partial charge on any atom is 0.110 e. The normalized spacial score (nSPS) is 12.6. The maximum absolute atomic E-state index is 8.94. The minimum absolute atomic E-state index is 0.126. The van der Waals surface area contributed by atoms with Crippen molar-refractivity contribution in [3.63, 3.8) is 0 Å². The summed E-state index contributed by atoms with van der Waals surface area (Å²) in [5.41, 5.74) is 2.32. The van der Waals surface area contributed by atoms with E-state index in [1.807, 2.05) is 24.6 Å². The number of aromatic nitrogens is 2.